The summed E-state index contributed by atoms with van der Waals surface area (Å²) < 4.78 is 5.22. The number of carbonyl (C=O) groups excluding carboxylic acids is 2. The Balaban J connectivity index is 1.65. The average Bonchev–Trinajstić information content (AvgIpc) is 3.08. The van der Waals surface area contributed by atoms with Crippen LogP contribution in [-0.4, -0.2) is 24.5 Å². The summed E-state index contributed by atoms with van der Waals surface area (Å²) in [6.45, 7) is 1.96. The number of urea groups is 1. The Morgan fingerprint density at radius 1 is 1.40 bits per heavy atom. The Morgan fingerprint density at radius 3 is 2.80 bits per heavy atom. The van der Waals surface area contributed by atoms with Crippen molar-refractivity contribution in [3.63, 3.8) is 0 Å². The summed E-state index contributed by atoms with van der Waals surface area (Å²) in [6, 6.07) is 3.35. The molecule has 20 heavy (non-hydrogen) atoms. The molecular formula is C14H21N3O3. The standard InChI is InChI=1S/C14H21N3O3/c1-10(12-7-4-8-20-12)15-9-13(18)17-14(19)16-11-5-2-3-6-11/h4,7-8,10-11,15H,2-3,5-6,9H2,1H3,(H2,16,17,18,19)/t10-/m0/s1. The lowest BCUT2D eigenvalue weighted by Gasteiger charge is -2.13. The molecule has 0 aliphatic heterocycles. The van der Waals surface area contributed by atoms with Crippen molar-refractivity contribution < 1.29 is 14.0 Å². The quantitative estimate of drug-likeness (QED) is 0.766. The van der Waals surface area contributed by atoms with Crippen molar-refractivity contribution in [3.05, 3.63) is 24.2 Å². The van der Waals surface area contributed by atoms with Crippen LogP contribution in [-0.2, 0) is 4.79 Å². The predicted octanol–water partition coefficient (Wildman–Crippen LogP) is 1.70. The topological polar surface area (TPSA) is 83.4 Å². The van der Waals surface area contributed by atoms with Gasteiger partial charge in [0.1, 0.15) is 5.76 Å². The van der Waals surface area contributed by atoms with Crippen LogP contribution in [0.15, 0.2) is 22.8 Å². The van der Waals surface area contributed by atoms with Crippen molar-refractivity contribution in [1.29, 1.82) is 0 Å². The molecule has 3 amide bonds. The summed E-state index contributed by atoms with van der Waals surface area (Å²) in [5.74, 6) is 0.409. The normalized spacial score (nSPS) is 16.9. The van der Waals surface area contributed by atoms with Crippen molar-refractivity contribution >= 4 is 11.9 Å². The summed E-state index contributed by atoms with van der Waals surface area (Å²) in [6.07, 6.45) is 5.86. The summed E-state index contributed by atoms with van der Waals surface area (Å²) in [5.41, 5.74) is 0. The van der Waals surface area contributed by atoms with Gasteiger partial charge in [-0.2, -0.15) is 0 Å². The number of imide groups is 1. The molecule has 0 unspecified atom stereocenters. The molecule has 1 aromatic heterocycles. The molecule has 1 aliphatic carbocycles. The zero-order valence-electron chi connectivity index (χ0n) is 11.6. The van der Waals surface area contributed by atoms with Gasteiger partial charge in [-0.25, -0.2) is 4.79 Å². The lowest BCUT2D eigenvalue weighted by molar-refractivity contribution is -0.119. The predicted molar refractivity (Wildman–Crippen MR) is 74.1 cm³/mol. The first-order chi connectivity index (χ1) is 9.65. The smallest absolute Gasteiger partial charge is 0.321 e. The van der Waals surface area contributed by atoms with Crippen molar-refractivity contribution in [3.8, 4) is 0 Å². The van der Waals surface area contributed by atoms with Crippen molar-refractivity contribution in [2.75, 3.05) is 6.54 Å². The van der Waals surface area contributed by atoms with Gasteiger partial charge in [0.15, 0.2) is 0 Å². The van der Waals surface area contributed by atoms with Gasteiger partial charge in [-0.15, -0.1) is 0 Å². The maximum atomic E-state index is 11.6. The van der Waals surface area contributed by atoms with Gasteiger partial charge in [0, 0.05) is 6.04 Å². The van der Waals surface area contributed by atoms with E-state index in [9.17, 15) is 9.59 Å². The highest BCUT2D eigenvalue weighted by Gasteiger charge is 2.18. The highest BCUT2D eigenvalue weighted by molar-refractivity contribution is 5.95. The third kappa shape index (κ3) is 4.38. The summed E-state index contributed by atoms with van der Waals surface area (Å²) in [4.78, 5) is 23.2. The van der Waals surface area contributed by atoms with E-state index in [-0.39, 0.29) is 24.5 Å². The maximum Gasteiger partial charge on any atom is 0.321 e. The first kappa shape index (κ1) is 14.6. The Hall–Kier alpha value is -1.82. The molecule has 1 fully saturated rings. The summed E-state index contributed by atoms with van der Waals surface area (Å²) in [5, 5.41) is 8.13. The van der Waals surface area contributed by atoms with Crippen molar-refractivity contribution in [2.45, 2.75) is 44.7 Å². The molecule has 0 spiro atoms. The van der Waals surface area contributed by atoms with Crippen molar-refractivity contribution in [2.24, 2.45) is 0 Å². The molecule has 0 aromatic carbocycles. The number of nitrogens with one attached hydrogen (secondary N) is 3. The van der Waals surface area contributed by atoms with Crippen LogP contribution in [0.2, 0.25) is 0 Å². The fraction of sp³-hybridized carbons (Fsp3) is 0.571. The minimum absolute atomic E-state index is 0.0694. The zero-order chi connectivity index (χ0) is 14.4. The second-order valence-corrected chi connectivity index (χ2v) is 5.12. The van der Waals surface area contributed by atoms with Crippen LogP contribution in [0.25, 0.3) is 0 Å². The Kier molecular flexibility index (Phi) is 5.17. The van der Waals surface area contributed by atoms with Gasteiger partial charge in [0.05, 0.1) is 18.8 Å². The van der Waals surface area contributed by atoms with Crippen LogP contribution in [0.5, 0.6) is 0 Å². The number of carbonyl (C=O) groups is 2. The van der Waals surface area contributed by atoms with E-state index in [0.717, 1.165) is 31.4 Å². The summed E-state index contributed by atoms with van der Waals surface area (Å²) in [7, 11) is 0. The molecule has 1 saturated carbocycles. The maximum absolute atomic E-state index is 11.6. The fourth-order valence-corrected chi connectivity index (χ4v) is 2.35. The highest BCUT2D eigenvalue weighted by Crippen LogP contribution is 2.17. The molecule has 110 valence electrons. The Morgan fingerprint density at radius 2 is 2.15 bits per heavy atom. The minimum atomic E-state index is -0.408. The van der Waals surface area contributed by atoms with Crippen LogP contribution < -0.4 is 16.0 Å². The van der Waals surface area contributed by atoms with Gasteiger partial charge in [-0.3, -0.25) is 15.4 Å². The number of amides is 3. The number of hydrogen-bond donors (Lipinski definition) is 3. The van der Waals surface area contributed by atoms with Crippen LogP contribution in [0.4, 0.5) is 4.79 Å². The second-order valence-electron chi connectivity index (χ2n) is 5.12. The van der Waals surface area contributed by atoms with Gasteiger partial charge in [-0.1, -0.05) is 12.8 Å². The van der Waals surface area contributed by atoms with Crippen molar-refractivity contribution in [1.82, 2.24) is 16.0 Å². The molecule has 0 saturated heterocycles. The van der Waals surface area contributed by atoms with Gasteiger partial charge >= 0.3 is 6.03 Å². The lowest BCUT2D eigenvalue weighted by Crippen LogP contribution is -2.46. The molecule has 1 aromatic rings. The largest absolute Gasteiger partial charge is 0.468 e. The number of furan rings is 1. The van der Waals surface area contributed by atoms with Gasteiger partial charge < -0.3 is 9.73 Å². The molecule has 1 aliphatic rings. The van der Waals surface area contributed by atoms with Gasteiger partial charge in [0.25, 0.3) is 0 Å². The zero-order valence-corrected chi connectivity index (χ0v) is 11.6. The molecule has 3 N–H and O–H groups in total. The fourth-order valence-electron chi connectivity index (χ4n) is 2.35. The molecule has 0 radical (unpaired) electrons. The minimum Gasteiger partial charge on any atom is -0.468 e. The molecule has 0 bridgehead atoms. The highest BCUT2D eigenvalue weighted by atomic mass is 16.3. The molecule has 6 nitrogen and oxygen atoms in total. The Labute approximate surface area is 118 Å². The number of hydrogen-bond acceptors (Lipinski definition) is 4. The summed E-state index contributed by atoms with van der Waals surface area (Å²) >= 11 is 0. The van der Waals surface area contributed by atoms with Crippen LogP contribution in [0.3, 0.4) is 0 Å². The molecule has 1 heterocycles. The van der Waals surface area contributed by atoms with E-state index >= 15 is 0 Å². The third-order valence-corrected chi connectivity index (χ3v) is 3.48. The third-order valence-electron chi connectivity index (χ3n) is 3.48. The SMILES string of the molecule is C[C@H](NCC(=O)NC(=O)NC1CCCC1)c1ccco1. The molecule has 6 heteroatoms. The van der Waals surface area contributed by atoms with Crippen LogP contribution in [0.1, 0.15) is 44.4 Å². The first-order valence-corrected chi connectivity index (χ1v) is 7.02. The van der Waals surface area contributed by atoms with E-state index in [1.54, 1.807) is 12.3 Å². The van der Waals surface area contributed by atoms with Crippen LogP contribution in [0, 0.1) is 0 Å². The average molecular weight is 279 g/mol. The van der Waals surface area contributed by atoms with E-state index < -0.39 is 6.03 Å². The van der Waals surface area contributed by atoms with E-state index in [0.29, 0.717) is 0 Å². The molecular weight excluding hydrogens is 258 g/mol. The lowest BCUT2D eigenvalue weighted by atomic mass is 10.2. The van der Waals surface area contributed by atoms with Gasteiger partial charge in [-0.05, 0) is 31.9 Å². The number of rotatable bonds is 5. The first-order valence-electron chi connectivity index (χ1n) is 7.02. The van der Waals surface area contributed by atoms with E-state index in [1.807, 2.05) is 13.0 Å². The Bertz CT molecular complexity index is 439. The monoisotopic (exact) mass is 279 g/mol. The van der Waals surface area contributed by atoms with Crippen LogP contribution >= 0.6 is 0 Å². The molecule has 1 atom stereocenters. The van der Waals surface area contributed by atoms with Gasteiger partial charge in [0.2, 0.25) is 5.91 Å². The van der Waals surface area contributed by atoms with E-state index in [1.165, 1.54) is 0 Å². The molecule has 2 rings (SSSR count). The second kappa shape index (κ2) is 7.09. The van der Waals surface area contributed by atoms with E-state index in [2.05, 4.69) is 16.0 Å². The van der Waals surface area contributed by atoms with E-state index in [4.69, 9.17) is 4.42 Å².